The van der Waals surface area contributed by atoms with Crippen LogP contribution in [-0.4, -0.2) is 40.1 Å². The summed E-state index contributed by atoms with van der Waals surface area (Å²) in [7, 11) is 0. The van der Waals surface area contributed by atoms with Crippen molar-refractivity contribution in [1.82, 2.24) is 10.4 Å². The van der Waals surface area contributed by atoms with Crippen molar-refractivity contribution in [2.45, 2.75) is 39.0 Å². The molecule has 0 aromatic heterocycles. The van der Waals surface area contributed by atoms with Gasteiger partial charge in [-0.3, -0.25) is 4.79 Å². The van der Waals surface area contributed by atoms with Gasteiger partial charge in [0.2, 0.25) is 0 Å². The minimum absolute atomic E-state index is 0.0664. The van der Waals surface area contributed by atoms with Gasteiger partial charge in [0.1, 0.15) is 18.7 Å². The molecule has 7 nitrogen and oxygen atoms in total. The Balaban J connectivity index is 2.27. The Bertz CT molecular complexity index is 845. The number of carboxylic acid groups (broad SMARTS) is 1. The summed E-state index contributed by atoms with van der Waals surface area (Å²) in [5.74, 6) is -3.01. The maximum atomic E-state index is 13.5. The lowest BCUT2D eigenvalue weighted by molar-refractivity contribution is -0.152. The Labute approximate surface area is 174 Å². The molecule has 0 aliphatic carbocycles. The van der Waals surface area contributed by atoms with Crippen molar-refractivity contribution in [2.24, 2.45) is 5.92 Å². The van der Waals surface area contributed by atoms with Gasteiger partial charge >= 0.3 is 12.1 Å². The monoisotopic (exact) mass is 416 g/mol. The summed E-state index contributed by atoms with van der Waals surface area (Å²) in [6.07, 6.45) is -1.21. The molecule has 2 N–H and O–H groups in total. The number of rotatable bonds is 9. The number of nitrogens with one attached hydrogen (secondary N) is 1. The number of imide groups is 1. The molecule has 2 atom stereocenters. The molecule has 0 heterocycles. The van der Waals surface area contributed by atoms with E-state index in [4.69, 9.17) is 4.74 Å². The molecule has 8 heteroatoms. The summed E-state index contributed by atoms with van der Waals surface area (Å²) in [5.41, 5.74) is 2.71. The molecule has 0 aliphatic rings. The molecule has 0 aliphatic heterocycles. The Morgan fingerprint density at radius 1 is 1.00 bits per heavy atom. The van der Waals surface area contributed by atoms with E-state index in [1.165, 1.54) is 5.54 Å². The van der Waals surface area contributed by atoms with E-state index in [1.54, 1.807) is 74.5 Å². The number of benzene rings is 2. The molecule has 30 heavy (non-hydrogen) atoms. The van der Waals surface area contributed by atoms with Crippen LogP contribution in [0.1, 0.15) is 25.0 Å². The number of hydrogen-bond donors (Lipinski definition) is 2. The molecule has 0 spiro atoms. The number of amides is 2. The minimum Gasteiger partial charge on any atom is -0.480 e. The highest BCUT2D eigenvalue weighted by molar-refractivity contribution is 5.99. The fourth-order valence-electron chi connectivity index (χ4n) is 3.01. The SMILES string of the molecule is CC(C)C(C(=O)O)N(C(=O)OCc1ccccc1)C(=O)C(Cc1ccccc1)NF. The second kappa shape index (κ2) is 11.1. The molecule has 2 aromatic carbocycles. The number of carboxylic acids is 1. The third-order valence-corrected chi connectivity index (χ3v) is 4.51. The lowest BCUT2D eigenvalue weighted by Crippen LogP contribution is -2.56. The molecule has 2 unspecified atom stereocenters. The van der Waals surface area contributed by atoms with Crippen LogP contribution in [0.15, 0.2) is 60.7 Å². The molecule has 0 radical (unpaired) electrons. The Morgan fingerprint density at radius 2 is 1.53 bits per heavy atom. The van der Waals surface area contributed by atoms with Gasteiger partial charge in [-0.1, -0.05) is 74.5 Å². The third-order valence-electron chi connectivity index (χ3n) is 4.51. The number of halogens is 1. The van der Waals surface area contributed by atoms with E-state index in [-0.39, 0.29) is 13.0 Å². The topological polar surface area (TPSA) is 95.9 Å². The van der Waals surface area contributed by atoms with Gasteiger partial charge in [-0.15, -0.1) is 10.0 Å². The Hall–Kier alpha value is -3.26. The molecule has 2 aromatic rings. The highest BCUT2D eigenvalue weighted by atomic mass is 19.2. The number of aliphatic carboxylic acids is 1. The first-order valence-electron chi connectivity index (χ1n) is 9.51. The highest BCUT2D eigenvalue weighted by Gasteiger charge is 2.41. The predicted molar refractivity (Wildman–Crippen MR) is 108 cm³/mol. The first-order valence-corrected chi connectivity index (χ1v) is 9.51. The zero-order chi connectivity index (χ0) is 22.1. The van der Waals surface area contributed by atoms with Crippen LogP contribution in [0.4, 0.5) is 9.28 Å². The quantitative estimate of drug-likeness (QED) is 0.609. The second-order valence-corrected chi connectivity index (χ2v) is 7.13. The van der Waals surface area contributed by atoms with Gasteiger partial charge < -0.3 is 9.84 Å². The van der Waals surface area contributed by atoms with Crippen LogP contribution >= 0.6 is 0 Å². The van der Waals surface area contributed by atoms with Crippen molar-refractivity contribution in [3.05, 3.63) is 71.8 Å². The van der Waals surface area contributed by atoms with Crippen molar-refractivity contribution >= 4 is 18.0 Å². The van der Waals surface area contributed by atoms with Crippen LogP contribution in [0.2, 0.25) is 0 Å². The van der Waals surface area contributed by atoms with E-state index in [0.29, 0.717) is 16.0 Å². The van der Waals surface area contributed by atoms with E-state index in [0.717, 1.165) is 0 Å². The van der Waals surface area contributed by atoms with E-state index >= 15 is 0 Å². The van der Waals surface area contributed by atoms with Crippen molar-refractivity contribution in [2.75, 3.05) is 0 Å². The maximum absolute atomic E-state index is 13.5. The van der Waals surface area contributed by atoms with E-state index in [2.05, 4.69) is 0 Å². The fraction of sp³-hybridized carbons (Fsp3) is 0.318. The van der Waals surface area contributed by atoms with Gasteiger partial charge in [-0.2, -0.15) is 0 Å². The maximum Gasteiger partial charge on any atom is 0.417 e. The van der Waals surface area contributed by atoms with Crippen LogP contribution in [-0.2, 0) is 27.4 Å². The zero-order valence-corrected chi connectivity index (χ0v) is 16.8. The summed E-state index contributed by atoms with van der Waals surface area (Å²) in [4.78, 5) is 38.1. The first kappa shape index (κ1) is 23.0. The molecular formula is C22H25FN2O5. The Kier molecular flexibility index (Phi) is 8.49. The van der Waals surface area contributed by atoms with Crippen molar-refractivity contribution in [1.29, 1.82) is 0 Å². The van der Waals surface area contributed by atoms with Crippen LogP contribution in [0.25, 0.3) is 0 Å². The largest absolute Gasteiger partial charge is 0.480 e. The zero-order valence-electron chi connectivity index (χ0n) is 16.8. The molecule has 0 fully saturated rings. The van der Waals surface area contributed by atoms with E-state index in [1.807, 2.05) is 0 Å². The molecule has 2 rings (SSSR count). The number of carbonyl (C=O) groups excluding carboxylic acids is 2. The summed E-state index contributed by atoms with van der Waals surface area (Å²) in [6.45, 7) is 2.96. The molecular weight excluding hydrogens is 391 g/mol. The lowest BCUT2D eigenvalue weighted by Gasteiger charge is -2.31. The summed E-state index contributed by atoms with van der Waals surface area (Å²) in [5, 5.41) is 9.63. The first-order chi connectivity index (χ1) is 14.3. The van der Waals surface area contributed by atoms with Gasteiger partial charge in [0.25, 0.3) is 5.91 Å². The van der Waals surface area contributed by atoms with Crippen LogP contribution in [0, 0.1) is 5.92 Å². The van der Waals surface area contributed by atoms with Gasteiger partial charge in [0.05, 0.1) is 0 Å². The average Bonchev–Trinajstić information content (AvgIpc) is 2.74. The molecule has 2 amide bonds. The summed E-state index contributed by atoms with van der Waals surface area (Å²) >= 11 is 0. The number of hydrogen-bond acceptors (Lipinski definition) is 5. The molecule has 0 bridgehead atoms. The van der Waals surface area contributed by atoms with Gasteiger partial charge in [-0.05, 0) is 23.5 Å². The normalized spacial score (nSPS) is 12.8. The third kappa shape index (κ3) is 6.12. The van der Waals surface area contributed by atoms with Crippen molar-refractivity contribution in [3.8, 4) is 0 Å². The number of ether oxygens (including phenoxy) is 1. The van der Waals surface area contributed by atoms with E-state index < -0.39 is 36.0 Å². The second-order valence-electron chi connectivity index (χ2n) is 7.13. The van der Waals surface area contributed by atoms with Crippen molar-refractivity contribution in [3.63, 3.8) is 0 Å². The minimum atomic E-state index is -1.51. The summed E-state index contributed by atoms with van der Waals surface area (Å²) in [6, 6.07) is 14.4. The summed E-state index contributed by atoms with van der Waals surface area (Å²) < 4.78 is 18.7. The molecule has 0 saturated heterocycles. The van der Waals surface area contributed by atoms with E-state index in [9.17, 15) is 24.0 Å². The lowest BCUT2D eigenvalue weighted by atomic mass is 10.00. The number of carbonyl (C=O) groups is 3. The van der Waals surface area contributed by atoms with Crippen LogP contribution < -0.4 is 5.54 Å². The van der Waals surface area contributed by atoms with Crippen molar-refractivity contribution < 1.29 is 28.7 Å². The van der Waals surface area contributed by atoms with Gasteiger partial charge in [0.15, 0.2) is 0 Å². The molecule has 0 saturated carbocycles. The van der Waals surface area contributed by atoms with Gasteiger partial charge in [0, 0.05) is 0 Å². The van der Waals surface area contributed by atoms with Crippen LogP contribution in [0.3, 0.4) is 0 Å². The highest BCUT2D eigenvalue weighted by Crippen LogP contribution is 2.17. The predicted octanol–water partition coefficient (Wildman–Crippen LogP) is 3.35. The fourth-order valence-corrected chi connectivity index (χ4v) is 3.01. The average molecular weight is 416 g/mol. The Morgan fingerprint density at radius 3 is 2.00 bits per heavy atom. The smallest absolute Gasteiger partial charge is 0.417 e. The molecule has 160 valence electrons. The number of nitrogens with zero attached hydrogens (tertiary/aromatic N) is 1. The standard InChI is InChI=1S/C22H25FN2O5/c1-15(2)19(21(27)28)25(22(29)30-14-17-11-7-4-8-12-17)20(26)18(24-23)13-16-9-5-3-6-10-16/h3-12,15,18-19,24H,13-14H2,1-2H3,(H,27,28). The van der Waals surface area contributed by atoms with Crippen LogP contribution in [0.5, 0.6) is 0 Å². The van der Waals surface area contributed by atoms with Gasteiger partial charge in [-0.25, -0.2) is 14.5 Å².